The summed E-state index contributed by atoms with van der Waals surface area (Å²) in [7, 11) is 0. The lowest BCUT2D eigenvalue weighted by atomic mass is 10.6. The molecule has 0 heterocycles. The van der Waals surface area contributed by atoms with Gasteiger partial charge < -0.3 is 4.84 Å². The highest BCUT2D eigenvalue weighted by Crippen LogP contribution is 1.93. The van der Waals surface area contributed by atoms with Gasteiger partial charge in [-0.2, -0.15) is 0 Å². The van der Waals surface area contributed by atoms with E-state index >= 15 is 0 Å². The van der Waals surface area contributed by atoms with Crippen LogP contribution in [0, 0.1) is 0 Å². The third-order valence-electron chi connectivity index (χ3n) is 0.920. The van der Waals surface area contributed by atoms with Crippen molar-refractivity contribution in [2.24, 2.45) is 0 Å². The van der Waals surface area contributed by atoms with Gasteiger partial charge >= 0.3 is 5.97 Å². The Labute approximate surface area is 69.6 Å². The molecule has 0 aromatic rings. The molecule has 0 N–H and O–H groups in total. The fraction of sp³-hybridized carbons (Fsp3) is 0.286. The predicted molar refractivity (Wildman–Crippen MR) is 39.5 cm³/mol. The maximum Gasteiger partial charge on any atom is 0.356 e. The van der Waals surface area contributed by atoms with Gasteiger partial charge in [-0.15, -0.1) is 5.06 Å². The Bertz CT molecular complexity index is 220. The molecule has 2 amide bonds. The van der Waals surface area contributed by atoms with E-state index in [0.29, 0.717) is 5.06 Å². The minimum absolute atomic E-state index is 0.365. The molecule has 0 radical (unpaired) electrons. The fourth-order valence-electron chi connectivity index (χ4n) is 0.478. The number of imide groups is 1. The average molecular weight is 171 g/mol. The second kappa shape index (κ2) is 4.27. The average Bonchev–Trinajstić information content (AvgIpc) is 1.98. The van der Waals surface area contributed by atoms with Crippen molar-refractivity contribution < 1.29 is 19.2 Å². The molecular formula is C7H9NO4. The second-order valence-electron chi connectivity index (χ2n) is 1.95. The summed E-state index contributed by atoms with van der Waals surface area (Å²) in [5.41, 5.74) is 0. The van der Waals surface area contributed by atoms with Crippen LogP contribution < -0.4 is 0 Å². The van der Waals surface area contributed by atoms with Crippen LogP contribution in [-0.4, -0.2) is 22.8 Å². The zero-order valence-corrected chi connectivity index (χ0v) is 6.86. The van der Waals surface area contributed by atoms with Crippen LogP contribution in [0.3, 0.4) is 0 Å². The first-order valence-electron chi connectivity index (χ1n) is 3.14. The van der Waals surface area contributed by atoms with Crippen LogP contribution in [0.5, 0.6) is 0 Å². The largest absolute Gasteiger partial charge is 0.356 e. The van der Waals surface area contributed by atoms with Gasteiger partial charge in [0.05, 0.1) is 0 Å². The van der Waals surface area contributed by atoms with Crippen molar-refractivity contribution in [3.05, 3.63) is 12.7 Å². The quantitative estimate of drug-likeness (QED) is 0.412. The van der Waals surface area contributed by atoms with Gasteiger partial charge in [-0.25, -0.2) is 4.79 Å². The molecule has 0 saturated carbocycles. The smallest absolute Gasteiger partial charge is 0.326 e. The minimum atomic E-state index is -0.847. The Morgan fingerprint density at radius 3 is 1.92 bits per heavy atom. The van der Waals surface area contributed by atoms with Crippen LogP contribution in [0.1, 0.15) is 13.8 Å². The third-order valence-corrected chi connectivity index (χ3v) is 0.920. The summed E-state index contributed by atoms with van der Waals surface area (Å²) < 4.78 is 0. The van der Waals surface area contributed by atoms with Gasteiger partial charge in [-0.05, 0) is 0 Å². The topological polar surface area (TPSA) is 63.7 Å². The molecule has 0 aliphatic heterocycles. The molecule has 0 saturated heterocycles. The van der Waals surface area contributed by atoms with Gasteiger partial charge in [0.1, 0.15) is 0 Å². The molecule has 0 rings (SSSR count). The zero-order chi connectivity index (χ0) is 9.72. The molecule has 0 spiro atoms. The van der Waals surface area contributed by atoms with Crippen molar-refractivity contribution in [2.45, 2.75) is 13.8 Å². The van der Waals surface area contributed by atoms with Crippen molar-refractivity contribution in [3.8, 4) is 0 Å². The normalized spacial score (nSPS) is 8.50. The van der Waals surface area contributed by atoms with Crippen molar-refractivity contribution in [2.75, 3.05) is 0 Å². The summed E-state index contributed by atoms with van der Waals surface area (Å²) in [6.45, 7) is 5.33. The van der Waals surface area contributed by atoms with Crippen LogP contribution in [0.25, 0.3) is 0 Å². The van der Waals surface area contributed by atoms with E-state index in [1.54, 1.807) is 0 Å². The van der Waals surface area contributed by atoms with E-state index in [2.05, 4.69) is 11.4 Å². The molecule has 0 unspecified atom stereocenters. The van der Waals surface area contributed by atoms with Crippen molar-refractivity contribution in [1.29, 1.82) is 0 Å². The molecule has 0 aromatic carbocycles. The monoisotopic (exact) mass is 171 g/mol. The number of carbonyl (C=O) groups excluding carboxylic acids is 3. The maximum atomic E-state index is 10.6. The summed E-state index contributed by atoms with van der Waals surface area (Å²) in [4.78, 5) is 36.1. The molecule has 0 aliphatic carbocycles. The third kappa shape index (κ3) is 2.96. The molecule has 0 aromatic heterocycles. The number of rotatable bonds is 1. The lowest BCUT2D eigenvalue weighted by Crippen LogP contribution is -2.35. The van der Waals surface area contributed by atoms with Crippen LogP contribution in [0.4, 0.5) is 0 Å². The molecule has 0 atom stereocenters. The number of hydrogen-bond acceptors (Lipinski definition) is 4. The predicted octanol–water partition coefficient (Wildman–Crippen LogP) is 0.0256. The SMILES string of the molecule is C=CC(=O)ON(C(C)=O)C(C)=O. The molecule has 0 fully saturated rings. The number of amides is 2. The van der Waals surface area contributed by atoms with Gasteiger partial charge in [0, 0.05) is 19.9 Å². The molecule has 5 heteroatoms. The van der Waals surface area contributed by atoms with E-state index in [0.717, 1.165) is 19.9 Å². The van der Waals surface area contributed by atoms with Crippen LogP contribution in [-0.2, 0) is 19.2 Å². The van der Waals surface area contributed by atoms with Crippen LogP contribution in [0.2, 0.25) is 0 Å². The molecule has 66 valence electrons. The zero-order valence-electron chi connectivity index (χ0n) is 6.86. The number of hydroxylamine groups is 2. The van der Waals surface area contributed by atoms with Crippen LogP contribution >= 0.6 is 0 Å². The summed E-state index contributed by atoms with van der Waals surface area (Å²) in [6, 6.07) is 0. The molecule has 0 bridgehead atoms. The maximum absolute atomic E-state index is 10.6. The van der Waals surface area contributed by atoms with E-state index in [1.807, 2.05) is 0 Å². The van der Waals surface area contributed by atoms with E-state index in [4.69, 9.17) is 0 Å². The van der Waals surface area contributed by atoms with Gasteiger partial charge in [-0.1, -0.05) is 6.58 Å². The van der Waals surface area contributed by atoms with Crippen molar-refractivity contribution >= 4 is 17.8 Å². The van der Waals surface area contributed by atoms with E-state index in [9.17, 15) is 14.4 Å². The lowest BCUT2D eigenvalue weighted by Gasteiger charge is -2.13. The first-order valence-corrected chi connectivity index (χ1v) is 3.14. The van der Waals surface area contributed by atoms with Gasteiger partial charge in [0.15, 0.2) is 0 Å². The standard InChI is InChI=1S/C7H9NO4/c1-4-7(11)12-8(5(2)9)6(3)10/h4H,1H2,2-3H3. The first kappa shape index (κ1) is 10.3. The highest BCUT2D eigenvalue weighted by molar-refractivity contribution is 5.94. The number of hydrogen-bond donors (Lipinski definition) is 0. The molecule has 5 nitrogen and oxygen atoms in total. The number of nitrogens with zero attached hydrogens (tertiary/aromatic N) is 1. The summed E-state index contributed by atoms with van der Waals surface area (Å²) >= 11 is 0. The van der Waals surface area contributed by atoms with Crippen LogP contribution in [0.15, 0.2) is 12.7 Å². The van der Waals surface area contributed by atoms with E-state index in [-0.39, 0.29) is 0 Å². The van der Waals surface area contributed by atoms with Crippen molar-refractivity contribution in [1.82, 2.24) is 5.06 Å². The van der Waals surface area contributed by atoms with E-state index < -0.39 is 17.8 Å². The van der Waals surface area contributed by atoms with Gasteiger partial charge in [-0.3, -0.25) is 9.59 Å². The highest BCUT2D eigenvalue weighted by atomic mass is 16.7. The first-order chi connectivity index (χ1) is 5.49. The Morgan fingerprint density at radius 2 is 1.67 bits per heavy atom. The van der Waals surface area contributed by atoms with Gasteiger partial charge in [0.25, 0.3) is 11.8 Å². The summed E-state index contributed by atoms with van der Waals surface area (Å²) in [6.07, 6.45) is 0.860. The molecule has 0 aliphatic rings. The second-order valence-corrected chi connectivity index (χ2v) is 1.95. The van der Waals surface area contributed by atoms with Crippen molar-refractivity contribution in [3.63, 3.8) is 0 Å². The summed E-state index contributed by atoms with van der Waals surface area (Å²) in [5, 5.41) is 0.365. The Kier molecular flexibility index (Phi) is 3.69. The fourth-order valence-corrected chi connectivity index (χ4v) is 0.478. The van der Waals surface area contributed by atoms with Gasteiger partial charge in [0.2, 0.25) is 0 Å². The Balaban J connectivity index is 4.34. The Morgan fingerprint density at radius 1 is 1.25 bits per heavy atom. The minimum Gasteiger partial charge on any atom is -0.326 e. The highest BCUT2D eigenvalue weighted by Gasteiger charge is 2.17. The summed E-state index contributed by atoms with van der Waals surface area (Å²) in [5.74, 6) is -2.16. The Hall–Kier alpha value is -1.65. The number of carbonyl (C=O) groups is 3. The van der Waals surface area contributed by atoms with E-state index in [1.165, 1.54) is 0 Å². The molecule has 12 heavy (non-hydrogen) atoms. The molecular weight excluding hydrogens is 162 g/mol. The lowest BCUT2D eigenvalue weighted by molar-refractivity contribution is -0.196.